The number of amides is 1. The first kappa shape index (κ1) is 15.4. The molecular weight excluding hydrogens is 240 g/mol. The monoisotopic (exact) mass is 261 g/mol. The Labute approximate surface area is 114 Å². The third-order valence-corrected chi connectivity index (χ3v) is 2.93. The third-order valence-electron chi connectivity index (χ3n) is 2.93. The van der Waals surface area contributed by atoms with Gasteiger partial charge in [-0.1, -0.05) is 44.2 Å². The lowest BCUT2D eigenvalue weighted by atomic mass is 10.1. The molecule has 4 heteroatoms. The lowest BCUT2D eigenvalue weighted by Crippen LogP contribution is -2.45. The number of hydrogen-bond donors (Lipinski definition) is 2. The minimum atomic E-state index is -0.327. The van der Waals surface area contributed by atoms with Gasteiger partial charge < -0.3 is 10.6 Å². The minimum absolute atomic E-state index is 0.0390. The molecule has 0 aliphatic rings. The second-order valence-corrected chi connectivity index (χ2v) is 4.67. The van der Waals surface area contributed by atoms with Crippen LogP contribution < -0.4 is 10.6 Å². The van der Waals surface area contributed by atoms with E-state index in [1.54, 1.807) is 20.9 Å². The molecule has 0 aliphatic heterocycles. The van der Waals surface area contributed by atoms with Crippen LogP contribution in [0, 0.1) is 5.92 Å². The van der Waals surface area contributed by atoms with Crippen molar-refractivity contribution in [3.63, 3.8) is 0 Å². The van der Waals surface area contributed by atoms with Crippen LogP contribution in [0.5, 0.6) is 0 Å². The molecule has 1 radical (unpaired) electrons. The van der Waals surface area contributed by atoms with Crippen molar-refractivity contribution >= 4 is 11.7 Å². The number of nitrogens with one attached hydrogen (secondary N) is 2. The molecule has 0 aromatic heterocycles. The van der Waals surface area contributed by atoms with Crippen molar-refractivity contribution in [2.45, 2.75) is 26.3 Å². The summed E-state index contributed by atoms with van der Waals surface area (Å²) in [4.78, 5) is 23.4. The van der Waals surface area contributed by atoms with E-state index >= 15 is 0 Å². The number of rotatable bonds is 7. The Balaban J connectivity index is 2.50. The highest BCUT2D eigenvalue weighted by molar-refractivity contribution is 5.95. The molecular formula is C15H21N2O2. The van der Waals surface area contributed by atoms with Gasteiger partial charge in [0.25, 0.3) is 0 Å². The van der Waals surface area contributed by atoms with Crippen molar-refractivity contribution in [1.29, 1.82) is 0 Å². The molecule has 1 amide bonds. The molecule has 1 unspecified atom stereocenters. The Bertz CT molecular complexity index is 415. The molecule has 0 saturated heterocycles. The Kier molecular flexibility index (Phi) is 6.22. The van der Waals surface area contributed by atoms with Crippen LogP contribution in [0.15, 0.2) is 30.3 Å². The van der Waals surface area contributed by atoms with Crippen LogP contribution in [0.3, 0.4) is 0 Å². The van der Waals surface area contributed by atoms with E-state index in [0.717, 1.165) is 5.56 Å². The standard InChI is InChI=1S/C15H21N2O2/c1-11(2)14(18)10-17-15(19)13(16-3)9-12-7-5-4-6-8-12/h4-8,13,16H,9-10H2,1-3H3,(H,17,19). The van der Waals surface area contributed by atoms with Gasteiger partial charge in [-0.05, 0) is 19.0 Å². The number of hydrogen-bond acceptors (Lipinski definition) is 3. The molecule has 0 aliphatic carbocycles. The van der Waals surface area contributed by atoms with Gasteiger partial charge in [0, 0.05) is 5.92 Å². The summed E-state index contributed by atoms with van der Waals surface area (Å²) in [5, 5.41) is 5.64. The van der Waals surface area contributed by atoms with E-state index in [1.807, 2.05) is 30.3 Å². The largest absolute Gasteiger partial charge is 0.348 e. The van der Waals surface area contributed by atoms with Crippen molar-refractivity contribution in [1.82, 2.24) is 10.6 Å². The number of carbonyl (C=O) groups excluding carboxylic acids is 2. The van der Waals surface area contributed by atoms with Crippen LogP contribution in [-0.4, -0.2) is 31.3 Å². The van der Waals surface area contributed by atoms with Gasteiger partial charge in [-0.15, -0.1) is 0 Å². The predicted molar refractivity (Wildman–Crippen MR) is 75.6 cm³/mol. The van der Waals surface area contributed by atoms with Crippen LogP contribution >= 0.6 is 0 Å². The maximum Gasteiger partial charge on any atom is 0.237 e. The van der Waals surface area contributed by atoms with Gasteiger partial charge in [-0.25, -0.2) is 0 Å². The van der Waals surface area contributed by atoms with E-state index in [9.17, 15) is 9.59 Å². The summed E-state index contributed by atoms with van der Waals surface area (Å²) in [7, 11) is 1.74. The van der Waals surface area contributed by atoms with Crippen molar-refractivity contribution in [2.75, 3.05) is 13.6 Å². The lowest BCUT2D eigenvalue weighted by Gasteiger charge is -2.16. The van der Waals surface area contributed by atoms with Crippen LogP contribution in [0.25, 0.3) is 0 Å². The Morgan fingerprint density at radius 3 is 2.32 bits per heavy atom. The summed E-state index contributed by atoms with van der Waals surface area (Å²) in [6.45, 7) is 3.55. The average Bonchev–Trinajstić information content (AvgIpc) is 2.42. The summed E-state index contributed by atoms with van der Waals surface area (Å²) in [5.41, 5.74) is 1.08. The van der Waals surface area contributed by atoms with Crippen LogP contribution in [-0.2, 0) is 16.0 Å². The van der Waals surface area contributed by atoms with Gasteiger partial charge in [0.15, 0.2) is 5.78 Å². The fourth-order valence-corrected chi connectivity index (χ4v) is 1.64. The molecule has 19 heavy (non-hydrogen) atoms. The van der Waals surface area contributed by atoms with Gasteiger partial charge in [0.05, 0.1) is 12.6 Å². The minimum Gasteiger partial charge on any atom is -0.348 e. The van der Waals surface area contributed by atoms with E-state index in [0.29, 0.717) is 12.3 Å². The second kappa shape index (κ2) is 7.69. The fourth-order valence-electron chi connectivity index (χ4n) is 1.64. The van der Waals surface area contributed by atoms with E-state index in [2.05, 4.69) is 10.6 Å². The maximum atomic E-state index is 12.0. The summed E-state index contributed by atoms with van der Waals surface area (Å²) in [6, 6.07) is 9.46. The van der Waals surface area contributed by atoms with Gasteiger partial charge in [0.1, 0.15) is 0 Å². The van der Waals surface area contributed by atoms with E-state index < -0.39 is 0 Å². The predicted octanol–water partition coefficient (Wildman–Crippen LogP) is 1.12. The molecule has 1 rings (SSSR count). The number of likely N-dealkylation sites (N-methyl/N-ethyl adjacent to an activating group) is 1. The highest BCUT2D eigenvalue weighted by Crippen LogP contribution is 2.03. The van der Waals surface area contributed by atoms with Crippen LogP contribution in [0.2, 0.25) is 0 Å². The van der Waals surface area contributed by atoms with E-state index in [1.165, 1.54) is 0 Å². The van der Waals surface area contributed by atoms with Gasteiger partial charge in [-0.2, -0.15) is 0 Å². The fraction of sp³-hybridized carbons (Fsp3) is 0.400. The smallest absolute Gasteiger partial charge is 0.237 e. The summed E-state index contributed by atoms with van der Waals surface area (Å²) < 4.78 is 0. The van der Waals surface area contributed by atoms with E-state index in [-0.39, 0.29) is 24.3 Å². The lowest BCUT2D eigenvalue weighted by molar-refractivity contribution is -0.125. The molecule has 1 aromatic carbocycles. The van der Waals surface area contributed by atoms with Crippen LogP contribution in [0.1, 0.15) is 19.4 Å². The van der Waals surface area contributed by atoms with Crippen molar-refractivity contribution < 1.29 is 9.59 Å². The van der Waals surface area contributed by atoms with Crippen molar-refractivity contribution in [3.05, 3.63) is 41.8 Å². The van der Waals surface area contributed by atoms with Crippen molar-refractivity contribution in [3.8, 4) is 0 Å². The van der Waals surface area contributed by atoms with Gasteiger partial charge >= 0.3 is 0 Å². The van der Waals surface area contributed by atoms with Gasteiger partial charge in [-0.3, -0.25) is 9.59 Å². The van der Waals surface area contributed by atoms with Gasteiger partial charge in [0.2, 0.25) is 5.91 Å². The molecule has 0 bridgehead atoms. The zero-order valence-corrected chi connectivity index (χ0v) is 11.7. The summed E-state index contributed by atoms with van der Waals surface area (Å²) in [5.74, 6) is 0.508. The van der Waals surface area contributed by atoms with Crippen molar-refractivity contribution in [2.24, 2.45) is 0 Å². The van der Waals surface area contributed by atoms with E-state index in [4.69, 9.17) is 0 Å². The Morgan fingerprint density at radius 1 is 1.16 bits per heavy atom. The molecule has 0 saturated carbocycles. The number of carbonyl (C=O) groups is 2. The Morgan fingerprint density at radius 2 is 1.79 bits per heavy atom. The second-order valence-electron chi connectivity index (χ2n) is 4.67. The summed E-state index contributed by atoms with van der Waals surface area (Å²) in [6.07, 6.45) is 0.603. The molecule has 0 heterocycles. The zero-order chi connectivity index (χ0) is 14.3. The molecule has 1 atom stereocenters. The topological polar surface area (TPSA) is 58.2 Å². The highest BCUT2D eigenvalue weighted by atomic mass is 16.2. The highest BCUT2D eigenvalue weighted by Gasteiger charge is 2.18. The number of ketones is 1. The molecule has 1 aromatic rings. The quantitative estimate of drug-likeness (QED) is 0.773. The normalized spacial score (nSPS) is 12.2. The molecule has 103 valence electrons. The zero-order valence-electron chi connectivity index (χ0n) is 11.7. The molecule has 0 fully saturated rings. The Hall–Kier alpha value is -1.68. The van der Waals surface area contributed by atoms with Crippen LogP contribution in [0.4, 0.5) is 0 Å². The number of Topliss-reactive ketones (excluding diaryl/α,β-unsaturated/α-hetero) is 1. The molecule has 0 spiro atoms. The average molecular weight is 261 g/mol. The first-order valence-electron chi connectivity index (χ1n) is 6.37. The molecule has 2 N–H and O–H groups in total. The maximum absolute atomic E-state index is 12.0. The first-order chi connectivity index (χ1) is 9.04. The molecule has 4 nitrogen and oxygen atoms in total. The first-order valence-corrected chi connectivity index (χ1v) is 6.37. The number of benzene rings is 1. The third kappa shape index (κ3) is 5.22. The summed E-state index contributed by atoms with van der Waals surface area (Å²) >= 11 is 0. The SMILES string of the molecule is CNC(Cc1ccccc1)C(=O)NCC(=O)[C](C)C.